The first-order valence-electron chi connectivity index (χ1n) is 6.57. The maximum absolute atomic E-state index is 11.0. The second-order valence-corrected chi connectivity index (χ2v) is 5.49. The summed E-state index contributed by atoms with van der Waals surface area (Å²) in [7, 11) is 0. The van der Waals surface area contributed by atoms with Crippen LogP contribution < -0.4 is 9.64 Å². The zero-order valence-electron chi connectivity index (χ0n) is 12.6. The molecule has 0 atom stereocenters. The molecule has 1 aromatic rings. The number of nitro benzene ring substituents is 1. The van der Waals surface area contributed by atoms with Crippen LogP contribution in [0.2, 0.25) is 0 Å². The third-order valence-corrected chi connectivity index (χ3v) is 2.85. The Balaban J connectivity index is 3.29. The van der Waals surface area contributed by atoms with Gasteiger partial charge in [-0.15, -0.1) is 0 Å². The van der Waals surface area contributed by atoms with Crippen LogP contribution in [0.5, 0.6) is 5.75 Å². The van der Waals surface area contributed by atoms with Gasteiger partial charge in [-0.25, -0.2) is 0 Å². The van der Waals surface area contributed by atoms with Crippen molar-refractivity contribution in [2.24, 2.45) is 0 Å². The van der Waals surface area contributed by atoms with Gasteiger partial charge in [0.2, 0.25) is 0 Å². The van der Waals surface area contributed by atoms with E-state index in [0.717, 1.165) is 0 Å². The van der Waals surface area contributed by atoms with Gasteiger partial charge in [-0.1, -0.05) is 0 Å². The normalized spacial score (nSPS) is 11.0. The van der Waals surface area contributed by atoms with E-state index in [1.54, 1.807) is 11.8 Å². The summed E-state index contributed by atoms with van der Waals surface area (Å²) in [6.07, 6.45) is 0. The van der Waals surface area contributed by atoms with Gasteiger partial charge in [-0.05, 0) is 33.8 Å². The molecule has 21 heavy (non-hydrogen) atoms. The molecule has 7 nitrogen and oxygen atoms in total. The van der Waals surface area contributed by atoms with E-state index in [1.165, 1.54) is 18.2 Å². The number of carboxylic acid groups (broad SMARTS) is 1. The minimum atomic E-state index is -0.971. The smallest absolute Gasteiger partial charge is 0.323 e. The van der Waals surface area contributed by atoms with Crippen molar-refractivity contribution in [1.82, 2.24) is 0 Å². The fraction of sp³-hybridized carbons (Fsp3) is 0.500. The zero-order valence-corrected chi connectivity index (χ0v) is 12.6. The minimum absolute atomic E-state index is 0.134. The fourth-order valence-corrected chi connectivity index (χ4v) is 1.94. The highest BCUT2D eigenvalue weighted by Crippen LogP contribution is 2.34. The maximum Gasteiger partial charge on any atom is 0.323 e. The molecule has 0 aliphatic rings. The summed E-state index contributed by atoms with van der Waals surface area (Å²) < 4.78 is 5.29. The maximum atomic E-state index is 11.0. The number of rotatable bonds is 6. The van der Waals surface area contributed by atoms with Gasteiger partial charge < -0.3 is 14.7 Å². The molecule has 0 aliphatic heterocycles. The summed E-state index contributed by atoms with van der Waals surface area (Å²) in [6, 6.07) is 4.38. The van der Waals surface area contributed by atoms with E-state index in [4.69, 9.17) is 9.84 Å². The van der Waals surface area contributed by atoms with E-state index in [1.807, 2.05) is 20.8 Å². The lowest BCUT2D eigenvalue weighted by Crippen LogP contribution is -2.44. The Hall–Kier alpha value is -2.31. The van der Waals surface area contributed by atoms with Crippen LogP contribution in [0.25, 0.3) is 0 Å². The van der Waals surface area contributed by atoms with Crippen LogP contribution in [-0.2, 0) is 4.79 Å². The van der Waals surface area contributed by atoms with E-state index >= 15 is 0 Å². The van der Waals surface area contributed by atoms with Gasteiger partial charge in [0.25, 0.3) is 0 Å². The van der Waals surface area contributed by atoms with E-state index in [0.29, 0.717) is 12.3 Å². The molecule has 0 saturated carbocycles. The van der Waals surface area contributed by atoms with Crippen molar-refractivity contribution in [3.8, 4) is 5.75 Å². The van der Waals surface area contributed by atoms with Crippen LogP contribution in [0.1, 0.15) is 27.7 Å². The van der Waals surface area contributed by atoms with Gasteiger partial charge in [0.1, 0.15) is 6.54 Å². The van der Waals surface area contributed by atoms with Crippen molar-refractivity contribution in [3.05, 3.63) is 28.3 Å². The Morgan fingerprint density at radius 3 is 2.48 bits per heavy atom. The van der Waals surface area contributed by atoms with Crippen LogP contribution in [-0.4, -0.2) is 34.7 Å². The molecular formula is C14H20N2O5. The number of ether oxygens (including phenoxy) is 1. The van der Waals surface area contributed by atoms with Crippen molar-refractivity contribution < 1.29 is 19.6 Å². The lowest BCUT2D eigenvalue weighted by molar-refractivity contribution is -0.385. The van der Waals surface area contributed by atoms with Crippen LogP contribution in [0.15, 0.2) is 18.2 Å². The second-order valence-electron chi connectivity index (χ2n) is 5.49. The Kier molecular flexibility index (Phi) is 5.12. The second kappa shape index (κ2) is 6.43. The summed E-state index contributed by atoms with van der Waals surface area (Å²) >= 11 is 0. The third kappa shape index (κ3) is 4.34. The van der Waals surface area contributed by atoms with Gasteiger partial charge in [-0.3, -0.25) is 14.9 Å². The van der Waals surface area contributed by atoms with E-state index in [2.05, 4.69) is 0 Å². The molecule has 116 valence electrons. The highest BCUT2D eigenvalue weighted by molar-refractivity contribution is 5.75. The monoisotopic (exact) mass is 296 g/mol. The molecule has 0 unspecified atom stereocenters. The highest BCUT2D eigenvalue weighted by atomic mass is 16.6. The SMILES string of the molecule is CCOc1cc(N(CC(=O)O)C(C)(C)C)ccc1[N+](=O)[O-]. The summed E-state index contributed by atoms with van der Waals surface area (Å²) in [4.78, 5) is 23.1. The number of nitro groups is 1. The summed E-state index contributed by atoms with van der Waals surface area (Å²) in [6.45, 7) is 7.44. The summed E-state index contributed by atoms with van der Waals surface area (Å²) in [5, 5.41) is 20.0. The quantitative estimate of drug-likeness (QED) is 0.641. The molecule has 1 N–H and O–H groups in total. The summed E-state index contributed by atoms with van der Waals surface area (Å²) in [5.41, 5.74) is -0.0124. The Bertz CT molecular complexity index is 537. The van der Waals surface area contributed by atoms with E-state index < -0.39 is 16.4 Å². The molecule has 0 amide bonds. The zero-order chi connectivity index (χ0) is 16.2. The number of hydrogen-bond donors (Lipinski definition) is 1. The number of carboxylic acids is 1. The molecule has 0 aliphatic carbocycles. The van der Waals surface area contributed by atoms with E-state index in [-0.39, 0.29) is 18.0 Å². The van der Waals surface area contributed by atoms with E-state index in [9.17, 15) is 14.9 Å². The molecule has 0 spiro atoms. The molecular weight excluding hydrogens is 276 g/mol. The lowest BCUT2D eigenvalue weighted by Gasteiger charge is -2.36. The largest absolute Gasteiger partial charge is 0.487 e. The van der Waals surface area contributed by atoms with Gasteiger partial charge in [-0.2, -0.15) is 0 Å². The molecule has 0 radical (unpaired) electrons. The molecule has 7 heteroatoms. The highest BCUT2D eigenvalue weighted by Gasteiger charge is 2.26. The molecule has 0 saturated heterocycles. The molecule has 1 rings (SSSR count). The van der Waals surface area contributed by atoms with Gasteiger partial charge >= 0.3 is 11.7 Å². The first kappa shape index (κ1) is 16.7. The fourth-order valence-electron chi connectivity index (χ4n) is 1.94. The number of benzene rings is 1. The van der Waals surface area contributed by atoms with Crippen LogP contribution in [0.4, 0.5) is 11.4 Å². The minimum Gasteiger partial charge on any atom is -0.487 e. The van der Waals surface area contributed by atoms with Crippen molar-refractivity contribution >= 4 is 17.3 Å². The number of anilines is 1. The number of aliphatic carboxylic acids is 1. The molecule has 0 aromatic heterocycles. The first-order valence-corrected chi connectivity index (χ1v) is 6.57. The standard InChI is InChI=1S/C14H20N2O5/c1-5-21-12-8-10(6-7-11(12)16(19)20)15(9-13(17)18)14(2,3)4/h6-8H,5,9H2,1-4H3,(H,17,18). The first-order chi connectivity index (χ1) is 9.66. The molecule has 0 fully saturated rings. The average Bonchev–Trinajstić information content (AvgIpc) is 2.34. The van der Waals surface area contributed by atoms with Crippen LogP contribution in [0.3, 0.4) is 0 Å². The lowest BCUT2D eigenvalue weighted by atomic mass is 10.0. The van der Waals surface area contributed by atoms with Crippen molar-refractivity contribution in [2.75, 3.05) is 18.1 Å². The van der Waals surface area contributed by atoms with Gasteiger partial charge in [0.05, 0.1) is 11.5 Å². The molecule has 1 aromatic carbocycles. The number of hydrogen-bond acceptors (Lipinski definition) is 5. The van der Waals surface area contributed by atoms with Crippen molar-refractivity contribution in [1.29, 1.82) is 0 Å². The summed E-state index contributed by atoms with van der Waals surface area (Å²) in [5.74, 6) is -0.833. The number of carbonyl (C=O) groups is 1. The van der Waals surface area contributed by atoms with Crippen LogP contribution >= 0.6 is 0 Å². The molecule has 0 heterocycles. The van der Waals surface area contributed by atoms with Crippen molar-refractivity contribution in [3.63, 3.8) is 0 Å². The van der Waals surface area contributed by atoms with Gasteiger partial charge in [0.15, 0.2) is 5.75 Å². The third-order valence-electron chi connectivity index (χ3n) is 2.85. The van der Waals surface area contributed by atoms with Crippen molar-refractivity contribution in [2.45, 2.75) is 33.2 Å². The predicted octanol–water partition coefficient (Wildman–Crippen LogP) is 2.68. The Morgan fingerprint density at radius 2 is 2.05 bits per heavy atom. The van der Waals surface area contributed by atoms with Gasteiger partial charge in [0, 0.05) is 23.4 Å². The Labute approximate surface area is 123 Å². The van der Waals surface area contributed by atoms with Crippen LogP contribution in [0, 0.1) is 10.1 Å². The topological polar surface area (TPSA) is 92.9 Å². The Morgan fingerprint density at radius 1 is 1.43 bits per heavy atom. The predicted molar refractivity (Wildman–Crippen MR) is 79.0 cm³/mol. The molecule has 0 bridgehead atoms. The average molecular weight is 296 g/mol. The number of nitrogens with zero attached hydrogens (tertiary/aromatic N) is 2.